The first-order valence-corrected chi connectivity index (χ1v) is 10.0. The number of fused-ring (bicyclic) bond motifs is 2. The van der Waals surface area contributed by atoms with Crippen LogP contribution in [0.3, 0.4) is 0 Å². The number of benzene rings is 1. The highest BCUT2D eigenvalue weighted by atomic mass is 32.2. The third kappa shape index (κ3) is 3.07. The minimum absolute atomic E-state index is 0.388. The second kappa shape index (κ2) is 7.10. The molecule has 0 aliphatic carbocycles. The number of ether oxygens (including phenoxy) is 2. The number of H-pyrrole nitrogens is 1. The van der Waals surface area contributed by atoms with Crippen molar-refractivity contribution in [1.29, 1.82) is 0 Å². The van der Waals surface area contributed by atoms with Gasteiger partial charge < -0.3 is 14.4 Å². The summed E-state index contributed by atoms with van der Waals surface area (Å²) in [6.07, 6.45) is 2.75. The van der Waals surface area contributed by atoms with E-state index in [9.17, 15) is 0 Å². The number of morpholine rings is 1. The maximum Gasteiger partial charge on any atom is 0.162 e. The Hall–Kier alpha value is -2.16. The van der Waals surface area contributed by atoms with Crippen molar-refractivity contribution in [1.82, 2.24) is 20.2 Å². The minimum atomic E-state index is 0.388. The van der Waals surface area contributed by atoms with Gasteiger partial charge in [-0.25, -0.2) is 9.97 Å². The largest absolute Gasteiger partial charge is 0.384 e. The predicted octanol–water partition coefficient (Wildman–Crippen LogP) is 2.52. The fourth-order valence-electron chi connectivity index (χ4n) is 3.72. The van der Waals surface area contributed by atoms with Crippen molar-refractivity contribution in [2.75, 3.05) is 44.9 Å². The Morgan fingerprint density at radius 2 is 2.19 bits per heavy atom. The van der Waals surface area contributed by atoms with E-state index in [4.69, 9.17) is 19.4 Å². The van der Waals surface area contributed by atoms with Crippen LogP contribution in [-0.4, -0.2) is 65.4 Å². The zero-order valence-electron chi connectivity index (χ0n) is 15.1. The number of nitrogens with zero attached hydrogens (tertiary/aromatic N) is 4. The van der Waals surface area contributed by atoms with Gasteiger partial charge >= 0.3 is 0 Å². The van der Waals surface area contributed by atoms with E-state index in [0.29, 0.717) is 5.25 Å². The van der Waals surface area contributed by atoms with Crippen molar-refractivity contribution in [3.8, 4) is 11.4 Å². The Balaban J connectivity index is 1.63. The quantitative estimate of drug-likeness (QED) is 0.742. The number of aromatic nitrogens is 4. The molecule has 2 aliphatic rings. The standard InChI is InChI=1S/C19H21N5O2S/c1-25-11-12-9-16-17(27-12)19(24-5-7-26-8-6-24)22-18(21-16)13-3-2-4-15-14(13)10-20-23-15/h2-4,10,12H,5-9,11H2,1H3,(H,20,23). The highest BCUT2D eigenvalue weighted by molar-refractivity contribution is 8.00. The Labute approximate surface area is 161 Å². The lowest BCUT2D eigenvalue weighted by Crippen LogP contribution is -2.37. The van der Waals surface area contributed by atoms with E-state index in [-0.39, 0.29) is 0 Å². The van der Waals surface area contributed by atoms with E-state index in [1.54, 1.807) is 7.11 Å². The van der Waals surface area contributed by atoms with E-state index in [1.165, 1.54) is 4.90 Å². The van der Waals surface area contributed by atoms with E-state index in [1.807, 2.05) is 30.1 Å². The van der Waals surface area contributed by atoms with E-state index in [0.717, 1.165) is 73.1 Å². The van der Waals surface area contributed by atoms with Gasteiger partial charge in [-0.3, -0.25) is 5.10 Å². The van der Waals surface area contributed by atoms with Gasteiger partial charge in [-0.2, -0.15) is 5.10 Å². The molecule has 3 aromatic rings. The van der Waals surface area contributed by atoms with Crippen molar-refractivity contribution < 1.29 is 9.47 Å². The molecule has 2 aliphatic heterocycles. The summed E-state index contributed by atoms with van der Waals surface area (Å²) in [7, 11) is 1.75. The number of methoxy groups -OCH3 is 1. The lowest BCUT2D eigenvalue weighted by atomic mass is 10.1. The SMILES string of the molecule is COCC1Cc2nc(-c3cccc4[nH]ncc34)nc(N3CCOCC3)c2S1. The number of hydrogen-bond donors (Lipinski definition) is 1. The predicted molar refractivity (Wildman–Crippen MR) is 105 cm³/mol. The molecular weight excluding hydrogens is 362 g/mol. The zero-order valence-corrected chi connectivity index (χ0v) is 16.0. The van der Waals surface area contributed by atoms with Gasteiger partial charge in [0, 0.05) is 42.8 Å². The first-order valence-electron chi connectivity index (χ1n) is 9.15. The fraction of sp³-hybridized carbons (Fsp3) is 0.421. The highest BCUT2D eigenvalue weighted by Gasteiger charge is 2.31. The lowest BCUT2D eigenvalue weighted by Gasteiger charge is -2.29. The third-order valence-electron chi connectivity index (χ3n) is 5.01. The maximum atomic E-state index is 5.54. The zero-order chi connectivity index (χ0) is 18.2. The summed E-state index contributed by atoms with van der Waals surface area (Å²) in [6, 6.07) is 6.10. The van der Waals surface area contributed by atoms with Gasteiger partial charge in [0.25, 0.3) is 0 Å². The second-order valence-corrected chi connectivity index (χ2v) is 8.09. The summed E-state index contributed by atoms with van der Waals surface area (Å²) >= 11 is 1.84. The normalized spacial score (nSPS) is 19.6. The molecule has 1 N–H and O–H groups in total. The highest BCUT2D eigenvalue weighted by Crippen LogP contribution is 2.43. The molecule has 1 atom stereocenters. The van der Waals surface area contributed by atoms with Crippen LogP contribution in [0.25, 0.3) is 22.3 Å². The van der Waals surface area contributed by atoms with Crippen LogP contribution in [0.15, 0.2) is 29.3 Å². The monoisotopic (exact) mass is 383 g/mol. The molecule has 2 aromatic heterocycles. The third-order valence-corrected chi connectivity index (χ3v) is 6.30. The number of nitrogens with one attached hydrogen (secondary N) is 1. The summed E-state index contributed by atoms with van der Waals surface area (Å²) in [5, 5.41) is 8.64. The first kappa shape index (κ1) is 17.0. The minimum Gasteiger partial charge on any atom is -0.384 e. The van der Waals surface area contributed by atoms with E-state index < -0.39 is 0 Å². The summed E-state index contributed by atoms with van der Waals surface area (Å²) in [6.45, 7) is 3.90. The van der Waals surface area contributed by atoms with Gasteiger partial charge in [-0.1, -0.05) is 12.1 Å². The van der Waals surface area contributed by atoms with Gasteiger partial charge in [0.05, 0.1) is 42.1 Å². The average molecular weight is 383 g/mol. The molecule has 1 unspecified atom stereocenters. The van der Waals surface area contributed by atoms with Crippen LogP contribution in [0.1, 0.15) is 5.69 Å². The number of anilines is 1. The number of aromatic amines is 1. The van der Waals surface area contributed by atoms with E-state index >= 15 is 0 Å². The van der Waals surface area contributed by atoms with Crippen LogP contribution in [0, 0.1) is 0 Å². The maximum absolute atomic E-state index is 5.54. The number of hydrogen-bond acceptors (Lipinski definition) is 7. The molecule has 1 saturated heterocycles. The van der Waals surface area contributed by atoms with Gasteiger partial charge in [0.15, 0.2) is 5.82 Å². The van der Waals surface area contributed by atoms with E-state index in [2.05, 4.69) is 21.2 Å². The van der Waals surface area contributed by atoms with Gasteiger partial charge in [-0.05, 0) is 6.07 Å². The fourth-order valence-corrected chi connectivity index (χ4v) is 5.04. The Bertz CT molecular complexity index is 970. The van der Waals surface area contributed by atoms with Crippen LogP contribution < -0.4 is 4.90 Å². The topological polar surface area (TPSA) is 76.2 Å². The molecule has 7 nitrogen and oxygen atoms in total. The van der Waals surface area contributed by atoms with Crippen LogP contribution in [0.5, 0.6) is 0 Å². The summed E-state index contributed by atoms with van der Waals surface area (Å²) < 4.78 is 10.9. The van der Waals surface area contributed by atoms with Crippen molar-refractivity contribution in [3.05, 3.63) is 30.1 Å². The van der Waals surface area contributed by atoms with Crippen LogP contribution in [0.2, 0.25) is 0 Å². The van der Waals surface area contributed by atoms with Gasteiger partial charge in [-0.15, -0.1) is 11.8 Å². The molecule has 8 heteroatoms. The molecule has 140 valence electrons. The molecule has 27 heavy (non-hydrogen) atoms. The number of thioether (sulfide) groups is 1. The molecule has 4 heterocycles. The molecule has 0 amide bonds. The Morgan fingerprint density at radius 1 is 1.30 bits per heavy atom. The molecule has 0 saturated carbocycles. The van der Waals surface area contributed by atoms with Gasteiger partial charge in [0.1, 0.15) is 5.82 Å². The van der Waals surface area contributed by atoms with Crippen LogP contribution in [-0.2, 0) is 15.9 Å². The summed E-state index contributed by atoms with van der Waals surface area (Å²) in [5.41, 5.74) is 3.13. The van der Waals surface area contributed by atoms with Gasteiger partial charge in [0.2, 0.25) is 0 Å². The summed E-state index contributed by atoms with van der Waals surface area (Å²) in [5.74, 6) is 1.79. The van der Waals surface area contributed by atoms with Crippen LogP contribution >= 0.6 is 11.8 Å². The summed E-state index contributed by atoms with van der Waals surface area (Å²) in [4.78, 5) is 13.5. The second-order valence-electron chi connectivity index (χ2n) is 6.78. The number of rotatable bonds is 4. The van der Waals surface area contributed by atoms with Crippen LogP contribution in [0.4, 0.5) is 5.82 Å². The van der Waals surface area contributed by atoms with Crippen molar-refractivity contribution in [3.63, 3.8) is 0 Å². The van der Waals surface area contributed by atoms with Crippen molar-refractivity contribution in [2.45, 2.75) is 16.6 Å². The van der Waals surface area contributed by atoms with Crippen molar-refractivity contribution in [2.24, 2.45) is 0 Å². The Kier molecular flexibility index (Phi) is 4.47. The molecule has 1 fully saturated rings. The van der Waals surface area contributed by atoms with Crippen molar-refractivity contribution >= 4 is 28.5 Å². The smallest absolute Gasteiger partial charge is 0.162 e. The Morgan fingerprint density at radius 3 is 3.04 bits per heavy atom. The molecule has 0 spiro atoms. The molecule has 5 rings (SSSR count). The first-order chi connectivity index (χ1) is 13.3. The molecule has 1 aromatic carbocycles. The molecular formula is C19H21N5O2S. The average Bonchev–Trinajstić information content (AvgIpc) is 3.34. The lowest BCUT2D eigenvalue weighted by molar-refractivity contribution is 0.122. The molecule has 0 bridgehead atoms. The molecule has 0 radical (unpaired) electrons.